The van der Waals surface area contributed by atoms with Crippen LogP contribution < -0.4 is 0 Å². The van der Waals surface area contributed by atoms with Crippen molar-refractivity contribution in [3.63, 3.8) is 0 Å². The maximum Gasteiger partial charge on any atom is 0.180 e. The molecule has 0 aromatic heterocycles. The molecular formula is C8H16O3. The first-order valence-electron chi connectivity index (χ1n) is 3.76. The molecule has 0 aliphatic rings. The second-order valence-electron chi connectivity index (χ2n) is 2.06. The highest BCUT2D eigenvalue weighted by Crippen LogP contribution is 1.92. The van der Waals surface area contributed by atoms with Gasteiger partial charge in [0.05, 0.1) is 6.61 Å². The fourth-order valence-corrected chi connectivity index (χ4v) is 0.568. The third kappa shape index (κ3) is 9.62. The number of hydrogen-bond donors (Lipinski definition) is 0. The van der Waals surface area contributed by atoms with Crippen molar-refractivity contribution in [3.8, 4) is 0 Å². The standard InChI is InChI=1S/C8H16O3/c1-3-4-5-6-7-10-11-8-9-2/h3-4H,5-8H2,1-2H3. The fraction of sp³-hybridized carbons (Fsp3) is 0.750. The molecule has 0 aliphatic heterocycles. The molecule has 0 saturated carbocycles. The third-order valence-electron chi connectivity index (χ3n) is 1.08. The Kier molecular flexibility index (Phi) is 9.29. The summed E-state index contributed by atoms with van der Waals surface area (Å²) in [4.78, 5) is 9.38. The summed E-state index contributed by atoms with van der Waals surface area (Å²) in [5.74, 6) is 0. The number of hydrogen-bond acceptors (Lipinski definition) is 3. The second kappa shape index (κ2) is 9.62. The Morgan fingerprint density at radius 2 is 2.09 bits per heavy atom. The van der Waals surface area contributed by atoms with Gasteiger partial charge in [-0.1, -0.05) is 12.2 Å². The molecule has 0 spiro atoms. The van der Waals surface area contributed by atoms with E-state index in [0.29, 0.717) is 6.61 Å². The van der Waals surface area contributed by atoms with Crippen molar-refractivity contribution >= 4 is 0 Å². The normalized spacial score (nSPS) is 11.1. The smallest absolute Gasteiger partial charge is 0.180 e. The molecule has 66 valence electrons. The summed E-state index contributed by atoms with van der Waals surface area (Å²) in [7, 11) is 1.56. The van der Waals surface area contributed by atoms with Crippen LogP contribution in [0.4, 0.5) is 0 Å². The van der Waals surface area contributed by atoms with E-state index in [2.05, 4.69) is 15.7 Å². The summed E-state index contributed by atoms with van der Waals surface area (Å²) in [6, 6.07) is 0. The third-order valence-corrected chi connectivity index (χ3v) is 1.08. The molecule has 0 fully saturated rings. The van der Waals surface area contributed by atoms with E-state index in [4.69, 9.17) is 4.89 Å². The molecule has 0 rings (SSSR count). The van der Waals surface area contributed by atoms with Crippen LogP contribution in [0.25, 0.3) is 0 Å². The van der Waals surface area contributed by atoms with Crippen LogP contribution in [-0.2, 0) is 14.5 Å². The Labute approximate surface area is 67.9 Å². The highest BCUT2D eigenvalue weighted by Gasteiger charge is 1.86. The van der Waals surface area contributed by atoms with Gasteiger partial charge >= 0.3 is 0 Å². The maximum absolute atomic E-state index is 4.76. The van der Waals surface area contributed by atoms with Gasteiger partial charge in [-0.15, -0.1) is 0 Å². The molecule has 0 aromatic rings. The first kappa shape index (κ1) is 10.6. The summed E-state index contributed by atoms with van der Waals surface area (Å²) < 4.78 is 4.61. The van der Waals surface area contributed by atoms with Crippen molar-refractivity contribution in [2.24, 2.45) is 0 Å². The van der Waals surface area contributed by atoms with Crippen LogP contribution >= 0.6 is 0 Å². The van der Waals surface area contributed by atoms with Crippen LogP contribution in [0, 0.1) is 0 Å². The molecular weight excluding hydrogens is 144 g/mol. The summed E-state index contributed by atoms with van der Waals surface area (Å²) in [5, 5.41) is 0. The first-order valence-corrected chi connectivity index (χ1v) is 3.76. The van der Waals surface area contributed by atoms with Crippen molar-refractivity contribution in [1.82, 2.24) is 0 Å². The highest BCUT2D eigenvalue weighted by molar-refractivity contribution is 4.75. The Morgan fingerprint density at radius 3 is 2.73 bits per heavy atom. The first-order chi connectivity index (χ1) is 5.41. The number of rotatable bonds is 7. The van der Waals surface area contributed by atoms with Crippen LogP contribution in [0.3, 0.4) is 0 Å². The van der Waals surface area contributed by atoms with Gasteiger partial charge in [-0.05, 0) is 19.8 Å². The van der Waals surface area contributed by atoms with Gasteiger partial charge in [0, 0.05) is 7.11 Å². The zero-order chi connectivity index (χ0) is 8.36. The van der Waals surface area contributed by atoms with Crippen LogP contribution in [-0.4, -0.2) is 20.5 Å². The van der Waals surface area contributed by atoms with Gasteiger partial charge in [-0.25, -0.2) is 9.78 Å². The number of methoxy groups -OCH3 is 1. The molecule has 0 amide bonds. The molecule has 0 atom stereocenters. The van der Waals surface area contributed by atoms with Gasteiger partial charge in [-0.2, -0.15) is 0 Å². The van der Waals surface area contributed by atoms with Crippen molar-refractivity contribution in [1.29, 1.82) is 0 Å². The van der Waals surface area contributed by atoms with Crippen LogP contribution in [0.15, 0.2) is 12.2 Å². The minimum Gasteiger partial charge on any atom is -0.355 e. The van der Waals surface area contributed by atoms with Crippen molar-refractivity contribution in [2.45, 2.75) is 19.8 Å². The Balaban J connectivity index is 2.79. The average Bonchev–Trinajstić information content (AvgIpc) is 2.03. The largest absolute Gasteiger partial charge is 0.355 e. The second-order valence-corrected chi connectivity index (χ2v) is 2.06. The number of allylic oxidation sites excluding steroid dienone is 2. The highest BCUT2D eigenvalue weighted by atomic mass is 17.2. The molecule has 0 N–H and O–H groups in total. The molecule has 3 nitrogen and oxygen atoms in total. The quantitative estimate of drug-likeness (QED) is 0.187. The Morgan fingerprint density at radius 1 is 1.27 bits per heavy atom. The predicted molar refractivity (Wildman–Crippen MR) is 43.0 cm³/mol. The van der Waals surface area contributed by atoms with E-state index < -0.39 is 0 Å². The summed E-state index contributed by atoms with van der Waals surface area (Å²) in [5.41, 5.74) is 0. The number of unbranched alkanes of at least 4 members (excludes halogenated alkanes) is 1. The lowest BCUT2D eigenvalue weighted by molar-refractivity contribution is -0.332. The van der Waals surface area contributed by atoms with E-state index in [1.165, 1.54) is 0 Å². The lowest BCUT2D eigenvalue weighted by Crippen LogP contribution is -1.99. The summed E-state index contributed by atoms with van der Waals surface area (Å²) in [6.45, 7) is 2.82. The predicted octanol–water partition coefficient (Wildman–Crippen LogP) is 1.89. The lowest BCUT2D eigenvalue weighted by atomic mass is 10.3. The maximum atomic E-state index is 4.76. The van der Waals surface area contributed by atoms with E-state index in [9.17, 15) is 0 Å². The van der Waals surface area contributed by atoms with Crippen molar-refractivity contribution < 1.29 is 14.5 Å². The van der Waals surface area contributed by atoms with Gasteiger partial charge in [0.25, 0.3) is 0 Å². The van der Waals surface area contributed by atoms with E-state index in [-0.39, 0.29) is 6.79 Å². The number of ether oxygens (including phenoxy) is 1. The molecule has 0 unspecified atom stereocenters. The van der Waals surface area contributed by atoms with Crippen LogP contribution in [0.5, 0.6) is 0 Å². The molecule has 0 bridgehead atoms. The Hall–Kier alpha value is -0.380. The molecule has 0 aliphatic carbocycles. The molecule has 0 saturated heterocycles. The monoisotopic (exact) mass is 160 g/mol. The zero-order valence-corrected chi connectivity index (χ0v) is 7.21. The lowest BCUT2D eigenvalue weighted by Gasteiger charge is -2.00. The van der Waals surface area contributed by atoms with Crippen LogP contribution in [0.1, 0.15) is 19.8 Å². The van der Waals surface area contributed by atoms with E-state index >= 15 is 0 Å². The van der Waals surface area contributed by atoms with E-state index in [1.807, 2.05) is 13.0 Å². The minimum atomic E-state index is 0.198. The summed E-state index contributed by atoms with van der Waals surface area (Å²) >= 11 is 0. The molecule has 0 heterocycles. The van der Waals surface area contributed by atoms with Gasteiger partial charge in [0.15, 0.2) is 6.79 Å². The SMILES string of the molecule is CC=CCCCOOCOC. The van der Waals surface area contributed by atoms with E-state index in [1.54, 1.807) is 7.11 Å². The van der Waals surface area contributed by atoms with Gasteiger partial charge in [-0.3, -0.25) is 0 Å². The van der Waals surface area contributed by atoms with Gasteiger partial charge in [0.1, 0.15) is 0 Å². The fourth-order valence-electron chi connectivity index (χ4n) is 0.568. The molecule has 3 heteroatoms. The summed E-state index contributed by atoms with van der Waals surface area (Å²) in [6.07, 6.45) is 6.14. The molecule has 0 aromatic carbocycles. The van der Waals surface area contributed by atoms with Crippen molar-refractivity contribution in [2.75, 3.05) is 20.5 Å². The molecule has 11 heavy (non-hydrogen) atoms. The molecule has 0 radical (unpaired) electrons. The van der Waals surface area contributed by atoms with Gasteiger partial charge in [0.2, 0.25) is 0 Å². The topological polar surface area (TPSA) is 27.7 Å². The Bertz CT molecular complexity index is 91.3. The van der Waals surface area contributed by atoms with Gasteiger partial charge < -0.3 is 4.74 Å². The van der Waals surface area contributed by atoms with Crippen molar-refractivity contribution in [3.05, 3.63) is 12.2 Å². The minimum absolute atomic E-state index is 0.198. The van der Waals surface area contributed by atoms with Crippen LogP contribution in [0.2, 0.25) is 0 Å². The average molecular weight is 160 g/mol. The zero-order valence-electron chi connectivity index (χ0n) is 7.21. The van der Waals surface area contributed by atoms with E-state index in [0.717, 1.165) is 12.8 Å².